The summed E-state index contributed by atoms with van der Waals surface area (Å²) < 4.78 is 28.0. The SMILES string of the molecule is CNC(Cc1cc(F)ccc1Br)Cc1c(F)cccc1Cl. The molecule has 2 rings (SSSR count). The topological polar surface area (TPSA) is 12.0 Å². The van der Waals surface area contributed by atoms with Gasteiger partial charge in [0.1, 0.15) is 11.6 Å². The van der Waals surface area contributed by atoms with Crippen molar-refractivity contribution in [1.82, 2.24) is 5.32 Å². The summed E-state index contributed by atoms with van der Waals surface area (Å²) in [6, 6.07) is 9.16. The van der Waals surface area contributed by atoms with Gasteiger partial charge in [-0.1, -0.05) is 33.6 Å². The average Bonchev–Trinajstić information content (AvgIpc) is 2.45. The second-order valence-corrected chi connectivity index (χ2v) is 6.09. The lowest BCUT2D eigenvalue weighted by atomic mass is 9.98. The molecule has 5 heteroatoms. The van der Waals surface area contributed by atoms with Gasteiger partial charge in [-0.05, 0) is 55.8 Å². The zero-order chi connectivity index (χ0) is 15.4. The molecule has 1 nitrogen and oxygen atoms in total. The lowest BCUT2D eigenvalue weighted by Gasteiger charge is -2.18. The quantitative estimate of drug-likeness (QED) is 0.796. The Morgan fingerprint density at radius 3 is 2.62 bits per heavy atom. The molecule has 21 heavy (non-hydrogen) atoms. The van der Waals surface area contributed by atoms with Gasteiger partial charge in [-0.2, -0.15) is 0 Å². The summed E-state index contributed by atoms with van der Waals surface area (Å²) in [5.41, 5.74) is 1.31. The van der Waals surface area contributed by atoms with Gasteiger partial charge in [-0.15, -0.1) is 0 Å². The van der Waals surface area contributed by atoms with Crippen molar-refractivity contribution in [2.45, 2.75) is 18.9 Å². The Kier molecular flexibility index (Phi) is 5.73. The van der Waals surface area contributed by atoms with Crippen LogP contribution in [0.15, 0.2) is 40.9 Å². The average molecular weight is 375 g/mol. The zero-order valence-corrected chi connectivity index (χ0v) is 13.8. The molecule has 0 saturated carbocycles. The molecule has 0 amide bonds. The maximum atomic E-state index is 13.8. The normalized spacial score (nSPS) is 12.4. The van der Waals surface area contributed by atoms with Gasteiger partial charge < -0.3 is 5.32 Å². The van der Waals surface area contributed by atoms with E-state index in [-0.39, 0.29) is 17.7 Å². The second kappa shape index (κ2) is 7.34. The van der Waals surface area contributed by atoms with Crippen LogP contribution in [-0.2, 0) is 12.8 Å². The van der Waals surface area contributed by atoms with Crippen LogP contribution in [0.25, 0.3) is 0 Å². The summed E-state index contributed by atoms with van der Waals surface area (Å²) in [7, 11) is 1.80. The van der Waals surface area contributed by atoms with Crippen molar-refractivity contribution in [3.63, 3.8) is 0 Å². The molecule has 0 radical (unpaired) electrons. The highest BCUT2D eigenvalue weighted by Gasteiger charge is 2.15. The van der Waals surface area contributed by atoms with E-state index in [2.05, 4.69) is 21.2 Å². The molecular weight excluding hydrogens is 360 g/mol. The van der Waals surface area contributed by atoms with E-state index < -0.39 is 0 Å². The predicted octanol–water partition coefficient (Wildman–Crippen LogP) is 4.75. The Labute approximate surface area is 136 Å². The first-order chi connectivity index (χ1) is 10.0. The van der Waals surface area contributed by atoms with Crippen LogP contribution in [0.5, 0.6) is 0 Å². The summed E-state index contributed by atoms with van der Waals surface area (Å²) >= 11 is 9.46. The fourth-order valence-corrected chi connectivity index (χ4v) is 2.86. The van der Waals surface area contributed by atoms with Gasteiger partial charge in [-0.3, -0.25) is 0 Å². The molecule has 1 atom stereocenters. The minimum absolute atomic E-state index is 0.0440. The number of rotatable bonds is 5. The summed E-state index contributed by atoms with van der Waals surface area (Å²) in [5, 5.41) is 3.54. The predicted molar refractivity (Wildman–Crippen MR) is 85.8 cm³/mol. The second-order valence-electron chi connectivity index (χ2n) is 4.83. The van der Waals surface area contributed by atoms with Crippen LogP contribution in [0.4, 0.5) is 8.78 Å². The molecule has 2 aromatic rings. The van der Waals surface area contributed by atoms with E-state index in [0.29, 0.717) is 23.4 Å². The maximum Gasteiger partial charge on any atom is 0.127 e. The van der Waals surface area contributed by atoms with E-state index in [1.54, 1.807) is 25.2 Å². The van der Waals surface area contributed by atoms with E-state index in [9.17, 15) is 8.78 Å². The van der Waals surface area contributed by atoms with Crippen LogP contribution in [0, 0.1) is 11.6 Å². The van der Waals surface area contributed by atoms with Gasteiger partial charge in [0.2, 0.25) is 0 Å². The third kappa shape index (κ3) is 4.25. The molecule has 1 unspecified atom stereocenters. The number of likely N-dealkylation sites (N-methyl/N-ethyl adjacent to an activating group) is 1. The number of nitrogens with one attached hydrogen (secondary N) is 1. The lowest BCUT2D eigenvalue weighted by Crippen LogP contribution is -2.30. The first-order valence-electron chi connectivity index (χ1n) is 6.55. The van der Waals surface area contributed by atoms with E-state index >= 15 is 0 Å². The fourth-order valence-electron chi connectivity index (χ4n) is 2.22. The first kappa shape index (κ1) is 16.4. The van der Waals surface area contributed by atoms with Crippen LogP contribution in [-0.4, -0.2) is 13.1 Å². The van der Waals surface area contributed by atoms with Crippen LogP contribution in [0.3, 0.4) is 0 Å². The minimum Gasteiger partial charge on any atom is -0.316 e. The van der Waals surface area contributed by atoms with Crippen molar-refractivity contribution >= 4 is 27.5 Å². The highest BCUT2D eigenvalue weighted by molar-refractivity contribution is 9.10. The van der Waals surface area contributed by atoms with Gasteiger partial charge >= 0.3 is 0 Å². The van der Waals surface area contributed by atoms with Gasteiger partial charge in [0.05, 0.1) is 0 Å². The Balaban J connectivity index is 2.19. The van der Waals surface area contributed by atoms with Crippen LogP contribution in [0.1, 0.15) is 11.1 Å². The number of halogens is 4. The van der Waals surface area contributed by atoms with E-state index in [1.165, 1.54) is 18.2 Å². The largest absolute Gasteiger partial charge is 0.316 e. The van der Waals surface area contributed by atoms with Gasteiger partial charge in [-0.25, -0.2) is 8.78 Å². The minimum atomic E-state index is -0.318. The number of hydrogen-bond donors (Lipinski definition) is 1. The van der Waals surface area contributed by atoms with E-state index in [1.807, 2.05) is 0 Å². The third-order valence-electron chi connectivity index (χ3n) is 3.39. The van der Waals surface area contributed by atoms with Crippen molar-refractivity contribution in [1.29, 1.82) is 0 Å². The molecule has 0 aliphatic rings. The molecule has 0 heterocycles. The van der Waals surface area contributed by atoms with Gasteiger partial charge in [0.15, 0.2) is 0 Å². The summed E-state index contributed by atoms with van der Waals surface area (Å²) in [5.74, 6) is -0.604. The molecule has 0 aromatic heterocycles. The molecule has 2 aromatic carbocycles. The van der Waals surface area contributed by atoms with Gasteiger partial charge in [0.25, 0.3) is 0 Å². The first-order valence-corrected chi connectivity index (χ1v) is 7.72. The van der Waals surface area contributed by atoms with Crippen LogP contribution in [0.2, 0.25) is 5.02 Å². The van der Waals surface area contributed by atoms with Crippen molar-refractivity contribution in [2.75, 3.05) is 7.05 Å². The van der Waals surface area contributed by atoms with Crippen LogP contribution < -0.4 is 5.32 Å². The molecule has 112 valence electrons. The molecule has 0 aliphatic heterocycles. The molecular formula is C16H15BrClF2N. The molecule has 0 bridgehead atoms. The van der Waals surface area contributed by atoms with Crippen molar-refractivity contribution in [3.05, 3.63) is 68.7 Å². The van der Waals surface area contributed by atoms with Crippen molar-refractivity contribution in [3.8, 4) is 0 Å². The molecule has 0 spiro atoms. The lowest BCUT2D eigenvalue weighted by molar-refractivity contribution is 0.529. The molecule has 0 aliphatic carbocycles. The Morgan fingerprint density at radius 1 is 1.19 bits per heavy atom. The zero-order valence-electron chi connectivity index (χ0n) is 11.5. The Bertz CT molecular complexity index is 613. The summed E-state index contributed by atoms with van der Waals surface area (Å²) in [6.45, 7) is 0. The van der Waals surface area contributed by atoms with Crippen molar-refractivity contribution in [2.24, 2.45) is 0 Å². The van der Waals surface area contributed by atoms with E-state index in [0.717, 1.165) is 10.0 Å². The Hall–Kier alpha value is -0.970. The Morgan fingerprint density at radius 2 is 1.95 bits per heavy atom. The van der Waals surface area contributed by atoms with E-state index in [4.69, 9.17) is 11.6 Å². The number of benzene rings is 2. The maximum absolute atomic E-state index is 13.8. The van der Waals surface area contributed by atoms with Gasteiger partial charge in [0, 0.05) is 21.1 Å². The molecule has 1 N–H and O–H groups in total. The fraction of sp³-hybridized carbons (Fsp3) is 0.250. The highest BCUT2D eigenvalue weighted by Crippen LogP contribution is 2.24. The molecule has 0 saturated heterocycles. The standard InChI is InChI=1S/C16H15BrClF2N/c1-21-12(8-10-7-11(19)5-6-14(10)17)9-13-15(18)3-2-4-16(13)20/h2-7,12,21H,8-9H2,1H3. The molecule has 0 fully saturated rings. The number of hydrogen-bond acceptors (Lipinski definition) is 1. The highest BCUT2D eigenvalue weighted by atomic mass is 79.9. The monoisotopic (exact) mass is 373 g/mol. The smallest absolute Gasteiger partial charge is 0.127 e. The third-order valence-corrected chi connectivity index (χ3v) is 4.52. The van der Waals surface area contributed by atoms with Crippen molar-refractivity contribution < 1.29 is 8.78 Å². The summed E-state index contributed by atoms with van der Waals surface area (Å²) in [6.07, 6.45) is 1.00. The summed E-state index contributed by atoms with van der Waals surface area (Å²) in [4.78, 5) is 0. The van der Waals surface area contributed by atoms with Crippen LogP contribution >= 0.6 is 27.5 Å².